The van der Waals surface area contributed by atoms with Crippen LogP contribution in [-0.4, -0.2) is 68.6 Å². The normalized spacial score (nSPS) is 19.5. The SMILES string of the molecule is CC[C@H](C)c1ccc(-n2c(C)cc(/C=C3\C(=N)N4N=C(CC(=O)N5CCOCC5)SC4=NC3=O)c2C)cc1. The van der Waals surface area contributed by atoms with Crippen LogP contribution in [0.25, 0.3) is 11.8 Å². The number of rotatable bonds is 6. The number of fused-ring (bicyclic) bond motifs is 1. The Labute approximate surface area is 226 Å². The molecule has 1 fully saturated rings. The van der Waals surface area contributed by atoms with Crippen LogP contribution in [0.4, 0.5) is 0 Å². The van der Waals surface area contributed by atoms with Crippen LogP contribution in [0.5, 0.6) is 0 Å². The number of hydrazone groups is 1. The van der Waals surface area contributed by atoms with Crippen molar-refractivity contribution >= 4 is 45.7 Å². The highest BCUT2D eigenvalue weighted by molar-refractivity contribution is 8.27. The van der Waals surface area contributed by atoms with Gasteiger partial charge in [0.25, 0.3) is 5.91 Å². The predicted octanol–water partition coefficient (Wildman–Crippen LogP) is 4.48. The predicted molar refractivity (Wildman–Crippen MR) is 151 cm³/mol. The Balaban J connectivity index is 1.37. The van der Waals surface area contributed by atoms with E-state index in [4.69, 9.17) is 10.1 Å². The molecule has 0 aliphatic carbocycles. The molecule has 0 unspecified atom stereocenters. The first-order chi connectivity index (χ1) is 18.3. The molecule has 9 nitrogen and oxygen atoms in total. The zero-order chi connectivity index (χ0) is 27.0. The maximum atomic E-state index is 12.9. The number of amides is 2. The molecule has 198 valence electrons. The molecule has 1 atom stereocenters. The third-order valence-corrected chi connectivity index (χ3v) is 8.17. The van der Waals surface area contributed by atoms with E-state index in [1.54, 1.807) is 11.0 Å². The fourth-order valence-electron chi connectivity index (χ4n) is 4.83. The van der Waals surface area contributed by atoms with Crippen LogP contribution in [0.2, 0.25) is 0 Å². The van der Waals surface area contributed by atoms with Crippen molar-refractivity contribution in [3.05, 3.63) is 58.4 Å². The number of aryl methyl sites for hydroxylation is 1. The number of benzene rings is 1. The maximum absolute atomic E-state index is 12.9. The highest BCUT2D eigenvalue weighted by Gasteiger charge is 2.36. The molecule has 0 spiro atoms. The van der Waals surface area contributed by atoms with Gasteiger partial charge in [0, 0.05) is 30.2 Å². The van der Waals surface area contributed by atoms with Crippen LogP contribution < -0.4 is 0 Å². The van der Waals surface area contributed by atoms with Crippen LogP contribution in [0.1, 0.15) is 55.1 Å². The highest BCUT2D eigenvalue weighted by atomic mass is 32.2. The highest BCUT2D eigenvalue weighted by Crippen LogP contribution is 2.31. The summed E-state index contributed by atoms with van der Waals surface area (Å²) in [6, 6.07) is 10.6. The number of aromatic nitrogens is 1. The summed E-state index contributed by atoms with van der Waals surface area (Å²) >= 11 is 1.17. The number of morpholine rings is 1. The number of nitrogens with one attached hydrogen (secondary N) is 1. The second-order valence-electron chi connectivity index (χ2n) is 9.75. The molecule has 5 rings (SSSR count). The largest absolute Gasteiger partial charge is 0.378 e. The first kappa shape index (κ1) is 26.1. The second-order valence-corrected chi connectivity index (χ2v) is 10.8. The summed E-state index contributed by atoms with van der Waals surface area (Å²) in [6.45, 7) is 10.6. The van der Waals surface area contributed by atoms with E-state index in [1.807, 2.05) is 19.9 Å². The van der Waals surface area contributed by atoms with Gasteiger partial charge >= 0.3 is 0 Å². The molecule has 0 bridgehead atoms. The minimum Gasteiger partial charge on any atom is -0.378 e. The van der Waals surface area contributed by atoms with Crippen LogP contribution >= 0.6 is 11.8 Å². The Kier molecular flexibility index (Phi) is 7.36. The van der Waals surface area contributed by atoms with Gasteiger partial charge in [-0.25, -0.2) is 0 Å². The van der Waals surface area contributed by atoms with Gasteiger partial charge in [-0.3, -0.25) is 15.0 Å². The number of hydrogen-bond donors (Lipinski definition) is 1. The van der Waals surface area contributed by atoms with Crippen molar-refractivity contribution in [3.63, 3.8) is 0 Å². The molecule has 1 saturated heterocycles. The molecule has 3 aliphatic heterocycles. The average Bonchev–Trinajstić information content (AvgIpc) is 3.45. The molecule has 1 N–H and O–H groups in total. The summed E-state index contributed by atoms with van der Waals surface area (Å²) in [6.07, 6.45) is 2.92. The number of hydrogen-bond acceptors (Lipinski definition) is 6. The van der Waals surface area contributed by atoms with Crippen LogP contribution in [0.15, 0.2) is 46.0 Å². The van der Waals surface area contributed by atoms with E-state index in [-0.39, 0.29) is 23.7 Å². The fourth-order valence-corrected chi connectivity index (χ4v) is 5.71. The monoisotopic (exact) mass is 532 g/mol. The zero-order valence-corrected chi connectivity index (χ0v) is 23.0. The third-order valence-electron chi connectivity index (χ3n) is 7.27. The van der Waals surface area contributed by atoms with Crippen LogP contribution in [-0.2, 0) is 14.3 Å². The van der Waals surface area contributed by atoms with Gasteiger partial charge in [-0.05, 0) is 73.4 Å². The summed E-state index contributed by atoms with van der Waals surface area (Å²) < 4.78 is 7.46. The fraction of sp³-hybridized carbons (Fsp3) is 0.393. The molecule has 4 heterocycles. The lowest BCUT2D eigenvalue weighted by Gasteiger charge is -2.26. The minimum absolute atomic E-state index is 0.0379. The maximum Gasteiger partial charge on any atom is 0.283 e. The number of nitrogens with zero attached hydrogens (tertiary/aromatic N) is 5. The van der Waals surface area contributed by atoms with Crippen molar-refractivity contribution in [1.82, 2.24) is 14.5 Å². The van der Waals surface area contributed by atoms with Crippen molar-refractivity contribution in [2.75, 3.05) is 26.3 Å². The third kappa shape index (κ3) is 4.98. The topological polar surface area (TPSA) is 103 Å². The van der Waals surface area contributed by atoms with Crippen molar-refractivity contribution < 1.29 is 14.3 Å². The van der Waals surface area contributed by atoms with E-state index in [0.717, 1.165) is 29.1 Å². The molecule has 1 aromatic carbocycles. The van der Waals surface area contributed by atoms with Gasteiger partial charge in [0.1, 0.15) is 5.04 Å². The summed E-state index contributed by atoms with van der Waals surface area (Å²) in [7, 11) is 0. The summed E-state index contributed by atoms with van der Waals surface area (Å²) in [5, 5.41) is 15.4. The molecule has 1 aromatic heterocycles. The van der Waals surface area contributed by atoms with Crippen LogP contribution in [0.3, 0.4) is 0 Å². The Morgan fingerprint density at radius 2 is 1.92 bits per heavy atom. The molecule has 10 heteroatoms. The first-order valence-electron chi connectivity index (χ1n) is 12.9. The van der Waals surface area contributed by atoms with Gasteiger partial charge in [0.05, 0.1) is 25.2 Å². The van der Waals surface area contributed by atoms with Crippen molar-refractivity contribution in [2.24, 2.45) is 10.1 Å². The van der Waals surface area contributed by atoms with E-state index in [9.17, 15) is 9.59 Å². The number of thioether (sulfide) groups is 1. The van der Waals surface area contributed by atoms with Gasteiger partial charge < -0.3 is 14.2 Å². The number of carbonyl (C=O) groups excluding carboxylic acids is 2. The minimum atomic E-state index is -0.479. The lowest BCUT2D eigenvalue weighted by atomic mass is 9.98. The number of ether oxygens (including phenoxy) is 1. The summed E-state index contributed by atoms with van der Waals surface area (Å²) in [5.74, 6) is -0.0518. The van der Waals surface area contributed by atoms with Crippen molar-refractivity contribution in [1.29, 1.82) is 5.41 Å². The van der Waals surface area contributed by atoms with Gasteiger partial charge in [-0.15, -0.1) is 0 Å². The number of aliphatic imine (C=N–C) groups is 1. The molecular formula is C28H32N6O3S. The molecule has 3 aliphatic rings. The van der Waals surface area contributed by atoms with E-state index in [1.165, 1.54) is 22.3 Å². The van der Waals surface area contributed by atoms with Crippen LogP contribution in [0, 0.1) is 19.3 Å². The smallest absolute Gasteiger partial charge is 0.283 e. The van der Waals surface area contributed by atoms with Crippen molar-refractivity contribution in [3.8, 4) is 5.69 Å². The summed E-state index contributed by atoms with van der Waals surface area (Å²) in [5.41, 5.74) is 5.38. The van der Waals surface area contributed by atoms with E-state index < -0.39 is 5.91 Å². The second kappa shape index (κ2) is 10.7. The van der Waals surface area contributed by atoms with E-state index >= 15 is 0 Å². The standard InChI is InChI=1S/C28H32N6O3S/c1-5-17(2)20-6-8-22(9-7-20)33-18(3)14-21(19(33)4)15-23-26(29)34-28(30-27(23)36)38-24(31-34)16-25(35)32-10-12-37-13-11-32/h6-9,14-15,17,29H,5,10-13,16H2,1-4H3/b23-15+,29-26?/t17-/m0/s1. The van der Waals surface area contributed by atoms with Gasteiger partial charge in [-0.1, -0.05) is 26.0 Å². The quantitative estimate of drug-likeness (QED) is 0.553. The number of carbonyl (C=O) groups is 2. The Morgan fingerprint density at radius 1 is 1.21 bits per heavy atom. The van der Waals surface area contributed by atoms with E-state index in [2.05, 4.69) is 52.8 Å². The van der Waals surface area contributed by atoms with Gasteiger partial charge in [0.15, 0.2) is 5.84 Å². The first-order valence-corrected chi connectivity index (χ1v) is 13.7. The van der Waals surface area contributed by atoms with E-state index in [0.29, 0.717) is 42.4 Å². The Morgan fingerprint density at radius 3 is 2.61 bits per heavy atom. The number of amidine groups is 2. The van der Waals surface area contributed by atoms with Gasteiger partial charge in [0.2, 0.25) is 11.1 Å². The molecule has 2 aromatic rings. The molecular weight excluding hydrogens is 500 g/mol. The molecule has 0 radical (unpaired) electrons. The molecule has 0 saturated carbocycles. The zero-order valence-electron chi connectivity index (χ0n) is 22.2. The average molecular weight is 533 g/mol. The van der Waals surface area contributed by atoms with Crippen molar-refractivity contribution in [2.45, 2.75) is 46.5 Å². The lowest BCUT2D eigenvalue weighted by molar-refractivity contribution is -0.133. The lowest BCUT2D eigenvalue weighted by Crippen LogP contribution is -2.41. The Hall–Kier alpha value is -3.50. The molecule has 2 amide bonds. The van der Waals surface area contributed by atoms with Gasteiger partial charge in [-0.2, -0.15) is 15.1 Å². The Bertz CT molecular complexity index is 1380. The summed E-state index contributed by atoms with van der Waals surface area (Å²) in [4.78, 5) is 31.5. The molecule has 38 heavy (non-hydrogen) atoms.